The van der Waals surface area contributed by atoms with Crippen molar-refractivity contribution in [2.24, 2.45) is 11.8 Å². The lowest BCUT2D eigenvalue weighted by molar-refractivity contribution is -0.384. The Balaban J connectivity index is 1.59. The van der Waals surface area contributed by atoms with E-state index >= 15 is 0 Å². The van der Waals surface area contributed by atoms with Gasteiger partial charge in [-0.15, -0.1) is 0 Å². The highest BCUT2D eigenvalue weighted by Gasteiger charge is 2.35. The fourth-order valence-electron chi connectivity index (χ4n) is 3.91. The van der Waals surface area contributed by atoms with E-state index in [-0.39, 0.29) is 11.6 Å². The molecule has 1 aromatic carbocycles. The second-order valence-corrected chi connectivity index (χ2v) is 6.90. The summed E-state index contributed by atoms with van der Waals surface area (Å²) in [5.41, 5.74) is 0.932. The van der Waals surface area contributed by atoms with Crippen molar-refractivity contribution in [3.63, 3.8) is 0 Å². The fraction of sp³-hybridized carbons (Fsp3) is 0.556. The summed E-state index contributed by atoms with van der Waals surface area (Å²) in [6, 6.07) is 6.37. The molecular formula is C18H22N3O5-. The number of nitrogens with zero attached hydrogens (tertiary/aromatic N) is 3. The number of carbonyl (C=O) groups excluding carboxylic acids is 2. The maximum atomic E-state index is 12.8. The van der Waals surface area contributed by atoms with Crippen LogP contribution in [0.4, 0.5) is 11.4 Å². The first-order valence-electron chi connectivity index (χ1n) is 8.96. The zero-order chi connectivity index (χ0) is 18.7. The number of aliphatic carboxylic acids is 1. The van der Waals surface area contributed by atoms with Gasteiger partial charge < -0.3 is 19.7 Å². The minimum absolute atomic E-state index is 0.0492. The number of benzene rings is 1. The van der Waals surface area contributed by atoms with Gasteiger partial charge in [0.1, 0.15) is 0 Å². The number of rotatable bonds is 4. The lowest BCUT2D eigenvalue weighted by Gasteiger charge is -2.40. The van der Waals surface area contributed by atoms with Crippen molar-refractivity contribution in [3.8, 4) is 0 Å². The molecule has 0 spiro atoms. The van der Waals surface area contributed by atoms with Gasteiger partial charge in [-0.25, -0.2) is 0 Å². The van der Waals surface area contributed by atoms with E-state index in [2.05, 4.69) is 4.90 Å². The number of piperazine rings is 1. The molecule has 1 saturated heterocycles. The molecule has 0 bridgehead atoms. The van der Waals surface area contributed by atoms with Crippen LogP contribution in [0.15, 0.2) is 24.3 Å². The Labute approximate surface area is 151 Å². The number of anilines is 1. The van der Waals surface area contributed by atoms with Gasteiger partial charge in [0.05, 0.1) is 4.92 Å². The summed E-state index contributed by atoms with van der Waals surface area (Å²) in [4.78, 5) is 38.2. The molecule has 8 heteroatoms. The molecule has 1 amide bonds. The second kappa shape index (κ2) is 7.72. The minimum atomic E-state index is -1.12. The topological polar surface area (TPSA) is 107 Å². The Bertz CT molecular complexity index is 683. The smallest absolute Gasteiger partial charge is 0.269 e. The van der Waals surface area contributed by atoms with Gasteiger partial charge in [0.25, 0.3) is 5.69 Å². The number of nitro benzene ring substituents is 1. The van der Waals surface area contributed by atoms with Crippen molar-refractivity contribution in [2.45, 2.75) is 25.7 Å². The average Bonchev–Trinajstić information content (AvgIpc) is 2.67. The van der Waals surface area contributed by atoms with Crippen LogP contribution in [0.25, 0.3) is 0 Å². The third-order valence-corrected chi connectivity index (χ3v) is 5.40. The van der Waals surface area contributed by atoms with E-state index in [4.69, 9.17) is 0 Å². The zero-order valence-corrected chi connectivity index (χ0v) is 14.5. The van der Waals surface area contributed by atoms with Crippen LogP contribution >= 0.6 is 0 Å². The standard InChI is InChI=1S/C18H23N3O5/c22-17(15-3-1-2-4-16(15)18(23)24)20-11-9-19(10-12-20)13-5-7-14(8-6-13)21(25)26/h5-8,15-16H,1-4,9-12H2,(H,23,24)/p-1/t15-,16+/m0/s1. The van der Waals surface area contributed by atoms with Crippen LogP contribution in [0.2, 0.25) is 0 Å². The fourth-order valence-corrected chi connectivity index (χ4v) is 3.91. The molecule has 2 fully saturated rings. The molecule has 1 aliphatic carbocycles. The Morgan fingerprint density at radius 1 is 0.962 bits per heavy atom. The Hall–Kier alpha value is -2.64. The molecule has 2 aliphatic rings. The predicted octanol–water partition coefficient (Wildman–Crippen LogP) is 0.800. The molecule has 0 N–H and O–H groups in total. The minimum Gasteiger partial charge on any atom is -0.550 e. The summed E-state index contributed by atoms with van der Waals surface area (Å²) in [5.74, 6) is -2.35. The van der Waals surface area contributed by atoms with Crippen LogP contribution in [-0.2, 0) is 9.59 Å². The molecule has 8 nitrogen and oxygen atoms in total. The lowest BCUT2D eigenvalue weighted by Crippen LogP contribution is -2.53. The van der Waals surface area contributed by atoms with Gasteiger partial charge in [0.2, 0.25) is 5.91 Å². The Morgan fingerprint density at radius 3 is 2.08 bits per heavy atom. The lowest BCUT2D eigenvalue weighted by atomic mass is 9.78. The predicted molar refractivity (Wildman–Crippen MR) is 92.3 cm³/mol. The van der Waals surface area contributed by atoms with Crippen LogP contribution in [0.3, 0.4) is 0 Å². The number of carbonyl (C=O) groups is 2. The normalized spacial score (nSPS) is 23.5. The summed E-state index contributed by atoms with van der Waals surface area (Å²) in [7, 11) is 0. The summed E-state index contributed by atoms with van der Waals surface area (Å²) < 4.78 is 0. The number of carboxylic acids is 1. The first-order chi connectivity index (χ1) is 12.5. The number of hydrogen-bond donors (Lipinski definition) is 0. The Kier molecular flexibility index (Phi) is 5.39. The van der Waals surface area contributed by atoms with Gasteiger partial charge in [-0.05, 0) is 25.0 Å². The van der Waals surface area contributed by atoms with Crippen molar-refractivity contribution < 1.29 is 19.6 Å². The summed E-state index contributed by atoms with van der Waals surface area (Å²) in [5, 5.41) is 22.1. The summed E-state index contributed by atoms with van der Waals surface area (Å²) in [6.07, 6.45) is 2.83. The summed E-state index contributed by atoms with van der Waals surface area (Å²) >= 11 is 0. The SMILES string of the molecule is O=C([O-])[C@@H]1CCCC[C@@H]1C(=O)N1CCN(c2ccc([N+](=O)[O-])cc2)CC1. The van der Waals surface area contributed by atoms with E-state index in [1.54, 1.807) is 17.0 Å². The van der Waals surface area contributed by atoms with Gasteiger partial charge in [0, 0.05) is 61.8 Å². The number of carboxylic acid groups (broad SMARTS) is 1. The van der Waals surface area contributed by atoms with Gasteiger partial charge >= 0.3 is 0 Å². The molecule has 1 saturated carbocycles. The molecule has 1 aliphatic heterocycles. The van der Waals surface area contributed by atoms with Gasteiger partial charge in [-0.2, -0.15) is 0 Å². The molecule has 3 rings (SSSR count). The van der Waals surface area contributed by atoms with Gasteiger partial charge in [-0.3, -0.25) is 14.9 Å². The number of non-ortho nitro benzene ring substituents is 1. The maximum absolute atomic E-state index is 12.8. The van der Waals surface area contributed by atoms with Crippen LogP contribution in [-0.4, -0.2) is 47.9 Å². The number of hydrogen-bond acceptors (Lipinski definition) is 6. The van der Waals surface area contributed by atoms with Gasteiger partial charge in [-0.1, -0.05) is 12.8 Å². The number of nitro groups is 1. The second-order valence-electron chi connectivity index (χ2n) is 6.90. The van der Waals surface area contributed by atoms with E-state index in [1.165, 1.54) is 12.1 Å². The van der Waals surface area contributed by atoms with Crippen molar-refractivity contribution in [2.75, 3.05) is 31.1 Å². The number of amides is 1. The molecule has 0 radical (unpaired) electrons. The van der Waals surface area contributed by atoms with E-state index in [1.807, 2.05) is 0 Å². The van der Waals surface area contributed by atoms with Crippen LogP contribution in [0, 0.1) is 22.0 Å². The van der Waals surface area contributed by atoms with Crippen LogP contribution in [0.1, 0.15) is 25.7 Å². The van der Waals surface area contributed by atoms with Crippen molar-refractivity contribution in [1.82, 2.24) is 4.90 Å². The highest BCUT2D eigenvalue weighted by molar-refractivity contribution is 5.84. The quantitative estimate of drug-likeness (QED) is 0.581. The van der Waals surface area contributed by atoms with Crippen LogP contribution < -0.4 is 10.0 Å². The molecule has 1 heterocycles. The third kappa shape index (κ3) is 3.79. The summed E-state index contributed by atoms with van der Waals surface area (Å²) in [6.45, 7) is 2.27. The van der Waals surface area contributed by atoms with Gasteiger partial charge in [0.15, 0.2) is 0 Å². The van der Waals surface area contributed by atoms with Crippen molar-refractivity contribution in [3.05, 3.63) is 34.4 Å². The molecule has 0 aromatic heterocycles. The van der Waals surface area contributed by atoms with Crippen molar-refractivity contribution in [1.29, 1.82) is 0 Å². The molecule has 1 aromatic rings. The van der Waals surface area contributed by atoms with Crippen molar-refractivity contribution >= 4 is 23.3 Å². The molecule has 140 valence electrons. The monoisotopic (exact) mass is 360 g/mol. The third-order valence-electron chi connectivity index (χ3n) is 5.40. The van der Waals surface area contributed by atoms with E-state index in [9.17, 15) is 24.8 Å². The van der Waals surface area contributed by atoms with E-state index < -0.39 is 22.7 Å². The van der Waals surface area contributed by atoms with E-state index in [0.717, 1.165) is 18.5 Å². The average molecular weight is 360 g/mol. The highest BCUT2D eigenvalue weighted by atomic mass is 16.6. The highest BCUT2D eigenvalue weighted by Crippen LogP contribution is 2.31. The largest absolute Gasteiger partial charge is 0.550 e. The molecular weight excluding hydrogens is 338 g/mol. The molecule has 0 unspecified atom stereocenters. The molecule has 2 atom stereocenters. The van der Waals surface area contributed by atoms with Crippen LogP contribution in [0.5, 0.6) is 0 Å². The Morgan fingerprint density at radius 2 is 1.54 bits per heavy atom. The maximum Gasteiger partial charge on any atom is 0.269 e. The zero-order valence-electron chi connectivity index (χ0n) is 14.5. The van der Waals surface area contributed by atoms with E-state index in [0.29, 0.717) is 39.0 Å². The first kappa shape index (κ1) is 18.2. The first-order valence-corrected chi connectivity index (χ1v) is 8.96. The molecule has 26 heavy (non-hydrogen) atoms.